The summed E-state index contributed by atoms with van der Waals surface area (Å²) in [6, 6.07) is 9.52. The molecule has 0 radical (unpaired) electrons. The van der Waals surface area contributed by atoms with Crippen LogP contribution in [0.15, 0.2) is 35.2 Å². The number of hydrogen-bond donors (Lipinski definition) is 1. The molecule has 3 nitrogen and oxygen atoms in total. The summed E-state index contributed by atoms with van der Waals surface area (Å²) in [6.45, 7) is 2.24. The van der Waals surface area contributed by atoms with Crippen molar-refractivity contribution in [2.75, 3.05) is 0 Å². The van der Waals surface area contributed by atoms with Gasteiger partial charge in [-0.3, -0.25) is 0 Å². The molecule has 112 valence electrons. The lowest BCUT2D eigenvalue weighted by atomic mass is 9.84. The van der Waals surface area contributed by atoms with Gasteiger partial charge in [0.25, 0.3) is 0 Å². The molecule has 1 aromatic heterocycles. The molecule has 1 aliphatic carbocycles. The van der Waals surface area contributed by atoms with Crippen molar-refractivity contribution in [3.8, 4) is 23.1 Å². The predicted octanol–water partition coefficient (Wildman–Crippen LogP) is 5.00. The van der Waals surface area contributed by atoms with Gasteiger partial charge >= 0.3 is 0 Å². The molecule has 1 aliphatic rings. The van der Waals surface area contributed by atoms with Crippen LogP contribution in [0.3, 0.4) is 0 Å². The van der Waals surface area contributed by atoms with Crippen LogP contribution in [0, 0.1) is 17.2 Å². The topological polar surface area (TPSA) is 56.9 Å². The molecular formula is C18H18N2OS. The van der Waals surface area contributed by atoms with E-state index in [0.717, 1.165) is 35.5 Å². The lowest BCUT2D eigenvalue weighted by molar-refractivity contribution is 0.454. The second-order valence-electron chi connectivity index (χ2n) is 5.85. The first-order valence-corrected chi connectivity index (χ1v) is 8.43. The highest BCUT2D eigenvalue weighted by Gasteiger charge is 2.20. The van der Waals surface area contributed by atoms with Crippen molar-refractivity contribution in [1.29, 1.82) is 5.26 Å². The van der Waals surface area contributed by atoms with Gasteiger partial charge in [0, 0.05) is 10.9 Å². The van der Waals surface area contributed by atoms with Crippen molar-refractivity contribution in [1.82, 2.24) is 4.98 Å². The fourth-order valence-electron chi connectivity index (χ4n) is 3.00. The SMILES string of the molecule is C[C@H]1CCC/C(=C(/C#N)c2nc(-c3ccccc3O)cs2)C1. The van der Waals surface area contributed by atoms with Gasteiger partial charge in [-0.25, -0.2) is 4.98 Å². The quantitative estimate of drug-likeness (QED) is 0.794. The summed E-state index contributed by atoms with van der Waals surface area (Å²) in [4.78, 5) is 4.59. The summed E-state index contributed by atoms with van der Waals surface area (Å²) in [6.07, 6.45) is 4.38. The number of aromatic hydroxyl groups is 1. The molecule has 4 heteroatoms. The highest BCUT2D eigenvalue weighted by Crippen LogP contribution is 2.36. The minimum absolute atomic E-state index is 0.219. The molecule has 2 aromatic rings. The van der Waals surface area contributed by atoms with Gasteiger partial charge in [-0.1, -0.05) is 25.5 Å². The number of phenolic OH excluding ortho intramolecular Hbond substituents is 1. The number of phenols is 1. The molecule has 0 spiro atoms. The number of nitriles is 1. The third-order valence-corrected chi connectivity index (χ3v) is 4.99. The van der Waals surface area contributed by atoms with Crippen LogP contribution in [0.1, 0.15) is 37.6 Å². The number of thiazole rings is 1. The van der Waals surface area contributed by atoms with Crippen LogP contribution >= 0.6 is 11.3 Å². The summed E-state index contributed by atoms with van der Waals surface area (Å²) in [5, 5.41) is 22.2. The van der Waals surface area contributed by atoms with Gasteiger partial charge in [0.2, 0.25) is 0 Å². The van der Waals surface area contributed by atoms with Crippen LogP contribution in [-0.4, -0.2) is 10.1 Å². The maximum Gasteiger partial charge on any atom is 0.134 e. The number of aromatic nitrogens is 1. The highest BCUT2D eigenvalue weighted by molar-refractivity contribution is 7.11. The Bertz CT molecular complexity index is 754. The number of hydrogen-bond acceptors (Lipinski definition) is 4. The third kappa shape index (κ3) is 2.90. The zero-order valence-corrected chi connectivity index (χ0v) is 13.4. The van der Waals surface area contributed by atoms with Gasteiger partial charge in [-0.05, 0) is 42.9 Å². The van der Waals surface area contributed by atoms with E-state index in [4.69, 9.17) is 0 Å². The van der Waals surface area contributed by atoms with Gasteiger partial charge in [0.05, 0.1) is 11.3 Å². The molecule has 1 heterocycles. The van der Waals surface area contributed by atoms with Crippen LogP contribution in [-0.2, 0) is 0 Å². The molecule has 0 aliphatic heterocycles. The van der Waals surface area contributed by atoms with Crippen LogP contribution < -0.4 is 0 Å². The first-order valence-electron chi connectivity index (χ1n) is 7.55. The van der Waals surface area contributed by atoms with Crippen molar-refractivity contribution in [2.24, 2.45) is 5.92 Å². The van der Waals surface area contributed by atoms with E-state index in [1.807, 2.05) is 17.5 Å². The lowest BCUT2D eigenvalue weighted by Crippen LogP contribution is -2.06. The van der Waals surface area contributed by atoms with Crippen molar-refractivity contribution < 1.29 is 5.11 Å². The maximum atomic E-state index is 9.94. The van der Waals surface area contributed by atoms with Gasteiger partial charge in [0.1, 0.15) is 16.8 Å². The van der Waals surface area contributed by atoms with Crippen LogP contribution in [0.5, 0.6) is 5.75 Å². The zero-order chi connectivity index (χ0) is 15.5. The van der Waals surface area contributed by atoms with Gasteiger partial charge in [-0.2, -0.15) is 5.26 Å². The minimum Gasteiger partial charge on any atom is -0.507 e. The number of nitrogens with zero attached hydrogens (tertiary/aromatic N) is 2. The Morgan fingerprint density at radius 3 is 2.95 bits per heavy atom. The second kappa shape index (κ2) is 6.33. The van der Waals surface area contributed by atoms with Gasteiger partial charge in [0.15, 0.2) is 0 Å². The van der Waals surface area contributed by atoms with E-state index in [9.17, 15) is 10.4 Å². The molecule has 0 saturated heterocycles. The average molecular weight is 310 g/mol. The number of rotatable bonds is 2. The van der Waals surface area contributed by atoms with E-state index >= 15 is 0 Å². The highest BCUT2D eigenvalue weighted by atomic mass is 32.1. The Hall–Kier alpha value is -2.12. The first kappa shape index (κ1) is 14.8. The molecule has 1 aromatic carbocycles. The Kier molecular flexibility index (Phi) is 4.26. The summed E-state index contributed by atoms with van der Waals surface area (Å²) in [5.74, 6) is 0.862. The summed E-state index contributed by atoms with van der Waals surface area (Å²) < 4.78 is 0. The van der Waals surface area contributed by atoms with Crippen LogP contribution in [0.4, 0.5) is 0 Å². The molecular weight excluding hydrogens is 292 g/mol. The smallest absolute Gasteiger partial charge is 0.134 e. The molecule has 3 rings (SSSR count). The second-order valence-corrected chi connectivity index (χ2v) is 6.71. The summed E-state index contributed by atoms with van der Waals surface area (Å²) in [7, 11) is 0. The van der Waals surface area contributed by atoms with E-state index in [1.54, 1.807) is 12.1 Å². The number of para-hydroxylation sites is 1. The van der Waals surface area contributed by atoms with E-state index in [2.05, 4.69) is 18.0 Å². The normalized spacial score (nSPS) is 20.5. The van der Waals surface area contributed by atoms with Crippen LogP contribution in [0.2, 0.25) is 0 Å². The van der Waals surface area contributed by atoms with Crippen molar-refractivity contribution in [3.63, 3.8) is 0 Å². The fourth-order valence-corrected chi connectivity index (χ4v) is 3.86. The Balaban J connectivity index is 1.97. The minimum atomic E-state index is 0.219. The van der Waals surface area contributed by atoms with E-state index in [0.29, 0.717) is 11.5 Å². The van der Waals surface area contributed by atoms with Crippen molar-refractivity contribution in [2.45, 2.75) is 32.6 Å². The van der Waals surface area contributed by atoms with E-state index < -0.39 is 0 Å². The molecule has 0 amide bonds. The molecule has 0 bridgehead atoms. The average Bonchev–Trinajstić information content (AvgIpc) is 2.98. The summed E-state index contributed by atoms with van der Waals surface area (Å²) >= 11 is 1.48. The molecule has 0 unspecified atom stereocenters. The van der Waals surface area contributed by atoms with Gasteiger partial charge in [-0.15, -0.1) is 11.3 Å². The molecule has 1 atom stereocenters. The van der Waals surface area contributed by atoms with Crippen molar-refractivity contribution in [3.05, 3.63) is 40.2 Å². The fraction of sp³-hybridized carbons (Fsp3) is 0.333. The molecule has 1 saturated carbocycles. The molecule has 1 fully saturated rings. The Morgan fingerprint density at radius 2 is 2.23 bits per heavy atom. The number of allylic oxidation sites excluding steroid dienone is 2. The molecule has 1 N–H and O–H groups in total. The Morgan fingerprint density at radius 1 is 1.41 bits per heavy atom. The third-order valence-electron chi connectivity index (χ3n) is 4.13. The number of benzene rings is 1. The zero-order valence-electron chi connectivity index (χ0n) is 12.5. The maximum absolute atomic E-state index is 9.94. The standard InChI is InChI=1S/C18H18N2OS/c1-12-5-4-6-13(9-12)15(10-19)18-20-16(11-22-18)14-7-2-3-8-17(14)21/h2-3,7-8,11-12,21H,4-6,9H2,1H3/b15-13+/t12-/m0/s1. The van der Waals surface area contributed by atoms with Crippen LogP contribution in [0.25, 0.3) is 16.8 Å². The lowest BCUT2D eigenvalue weighted by Gasteiger charge is -2.21. The van der Waals surface area contributed by atoms with E-state index in [1.165, 1.54) is 23.3 Å². The molecule has 22 heavy (non-hydrogen) atoms. The largest absolute Gasteiger partial charge is 0.507 e. The van der Waals surface area contributed by atoms with E-state index in [-0.39, 0.29) is 5.75 Å². The predicted molar refractivity (Wildman–Crippen MR) is 89.4 cm³/mol. The van der Waals surface area contributed by atoms with Gasteiger partial charge < -0.3 is 5.11 Å². The Labute approximate surface area is 134 Å². The monoisotopic (exact) mass is 310 g/mol. The van der Waals surface area contributed by atoms with Crippen molar-refractivity contribution >= 4 is 16.9 Å². The summed E-state index contributed by atoms with van der Waals surface area (Å²) in [5.41, 5.74) is 3.41. The first-order chi connectivity index (χ1) is 10.7.